The fourth-order valence-corrected chi connectivity index (χ4v) is 2.30. The van der Waals surface area contributed by atoms with Crippen LogP contribution in [0.15, 0.2) is 24.4 Å². The molecule has 0 aliphatic heterocycles. The van der Waals surface area contributed by atoms with E-state index in [4.69, 9.17) is 5.73 Å². The number of aryl methyl sites for hydroxylation is 3. The Bertz CT molecular complexity index is 495. The first-order chi connectivity index (χ1) is 7.59. The van der Waals surface area contributed by atoms with E-state index in [2.05, 4.69) is 49.9 Å². The fraction of sp³-hybridized carbons (Fsp3) is 0.429. The molecule has 2 aromatic rings. The summed E-state index contributed by atoms with van der Waals surface area (Å²) in [5.41, 5.74) is 9.92. The number of aromatic nitrogens is 1. The van der Waals surface area contributed by atoms with Crippen LogP contribution < -0.4 is 5.73 Å². The van der Waals surface area contributed by atoms with Crippen molar-refractivity contribution in [3.8, 4) is 0 Å². The predicted octanol–water partition coefficient (Wildman–Crippen LogP) is 2.77. The number of nitrogens with two attached hydrogens (primary N) is 1. The molecule has 2 N–H and O–H groups in total. The Labute approximate surface area is 97.1 Å². The number of hydrogen-bond donors (Lipinski definition) is 1. The summed E-state index contributed by atoms with van der Waals surface area (Å²) in [7, 11) is 2.11. The van der Waals surface area contributed by atoms with E-state index in [1.165, 1.54) is 22.0 Å². The molecule has 0 fully saturated rings. The van der Waals surface area contributed by atoms with E-state index in [0.29, 0.717) is 0 Å². The molecule has 16 heavy (non-hydrogen) atoms. The van der Waals surface area contributed by atoms with E-state index in [-0.39, 0.29) is 6.04 Å². The highest BCUT2D eigenvalue weighted by atomic mass is 14.9. The highest BCUT2D eigenvalue weighted by Crippen LogP contribution is 2.25. The number of benzene rings is 1. The van der Waals surface area contributed by atoms with E-state index in [9.17, 15) is 0 Å². The molecule has 1 aromatic carbocycles. The molecule has 0 bridgehead atoms. The Balaban J connectivity index is 2.45. The third kappa shape index (κ3) is 1.98. The highest BCUT2D eigenvalue weighted by molar-refractivity contribution is 5.87. The summed E-state index contributed by atoms with van der Waals surface area (Å²) in [6, 6.07) is 6.75. The van der Waals surface area contributed by atoms with Crippen molar-refractivity contribution < 1.29 is 0 Å². The first-order valence-electron chi connectivity index (χ1n) is 5.88. The van der Waals surface area contributed by atoms with Crippen molar-refractivity contribution in [1.82, 2.24) is 4.57 Å². The van der Waals surface area contributed by atoms with Crippen molar-refractivity contribution in [3.05, 3.63) is 35.5 Å². The van der Waals surface area contributed by atoms with E-state index < -0.39 is 0 Å². The van der Waals surface area contributed by atoms with Gasteiger partial charge in [0.1, 0.15) is 0 Å². The van der Waals surface area contributed by atoms with Gasteiger partial charge in [-0.2, -0.15) is 0 Å². The Kier molecular flexibility index (Phi) is 3.01. The van der Waals surface area contributed by atoms with Crippen LogP contribution in [-0.2, 0) is 13.5 Å². The molecular weight excluding hydrogens is 196 g/mol. The summed E-state index contributed by atoms with van der Waals surface area (Å²) >= 11 is 0. The predicted molar refractivity (Wildman–Crippen MR) is 69.6 cm³/mol. The zero-order valence-corrected chi connectivity index (χ0v) is 10.3. The van der Waals surface area contributed by atoms with Crippen LogP contribution in [0, 0.1) is 6.92 Å². The van der Waals surface area contributed by atoms with Gasteiger partial charge in [0.05, 0.1) is 0 Å². The molecule has 1 atom stereocenters. The summed E-state index contributed by atoms with van der Waals surface area (Å²) in [5.74, 6) is 0. The SMILES string of the molecule is Cc1cccc2c1c(CC[C@H](C)N)cn2C. The zero-order chi connectivity index (χ0) is 11.7. The molecule has 0 unspecified atom stereocenters. The van der Waals surface area contributed by atoms with Gasteiger partial charge >= 0.3 is 0 Å². The summed E-state index contributed by atoms with van der Waals surface area (Å²) < 4.78 is 2.21. The molecule has 0 aliphatic rings. The number of hydrogen-bond acceptors (Lipinski definition) is 1. The Morgan fingerprint density at radius 3 is 2.81 bits per heavy atom. The normalized spacial score (nSPS) is 13.2. The molecule has 0 saturated heterocycles. The second-order valence-corrected chi connectivity index (χ2v) is 4.75. The first-order valence-corrected chi connectivity index (χ1v) is 5.88. The molecule has 86 valence electrons. The molecule has 2 rings (SSSR count). The number of fused-ring (bicyclic) bond motifs is 1. The monoisotopic (exact) mass is 216 g/mol. The largest absolute Gasteiger partial charge is 0.350 e. The van der Waals surface area contributed by atoms with Crippen molar-refractivity contribution in [3.63, 3.8) is 0 Å². The molecule has 0 spiro atoms. The van der Waals surface area contributed by atoms with Crippen LogP contribution in [0.2, 0.25) is 0 Å². The maximum absolute atomic E-state index is 5.82. The second kappa shape index (κ2) is 4.30. The van der Waals surface area contributed by atoms with Crippen LogP contribution >= 0.6 is 0 Å². The Morgan fingerprint density at radius 1 is 1.38 bits per heavy atom. The summed E-state index contributed by atoms with van der Waals surface area (Å²) in [6.45, 7) is 4.25. The van der Waals surface area contributed by atoms with Gasteiger partial charge in [0, 0.05) is 30.2 Å². The van der Waals surface area contributed by atoms with E-state index in [1.54, 1.807) is 0 Å². The lowest BCUT2D eigenvalue weighted by Gasteiger charge is -2.04. The van der Waals surface area contributed by atoms with Gasteiger partial charge < -0.3 is 10.3 Å². The van der Waals surface area contributed by atoms with Crippen LogP contribution in [0.5, 0.6) is 0 Å². The van der Waals surface area contributed by atoms with Crippen molar-refractivity contribution in [2.45, 2.75) is 32.7 Å². The van der Waals surface area contributed by atoms with Crippen LogP contribution in [0.1, 0.15) is 24.5 Å². The van der Waals surface area contributed by atoms with Crippen LogP contribution in [0.4, 0.5) is 0 Å². The second-order valence-electron chi connectivity index (χ2n) is 4.75. The molecule has 0 radical (unpaired) electrons. The topological polar surface area (TPSA) is 30.9 Å². The summed E-state index contributed by atoms with van der Waals surface area (Å²) in [4.78, 5) is 0. The van der Waals surface area contributed by atoms with Gasteiger partial charge in [-0.05, 0) is 43.9 Å². The fourth-order valence-electron chi connectivity index (χ4n) is 2.30. The third-order valence-corrected chi connectivity index (χ3v) is 3.17. The van der Waals surface area contributed by atoms with Crippen LogP contribution in [0.3, 0.4) is 0 Å². The molecular formula is C14H20N2. The molecule has 0 saturated carbocycles. The lowest BCUT2D eigenvalue weighted by molar-refractivity contribution is 0.667. The quantitative estimate of drug-likeness (QED) is 0.840. The molecule has 0 aliphatic carbocycles. The lowest BCUT2D eigenvalue weighted by Crippen LogP contribution is -2.15. The molecule has 2 nitrogen and oxygen atoms in total. The standard InChI is InChI=1S/C14H20N2/c1-10-5-4-6-13-14(10)12(9-16(13)3)8-7-11(2)15/h4-6,9,11H,7-8,15H2,1-3H3/t11-/m0/s1. The molecule has 1 aromatic heterocycles. The van der Waals surface area contributed by atoms with Gasteiger partial charge in [-0.1, -0.05) is 12.1 Å². The number of rotatable bonds is 3. The highest BCUT2D eigenvalue weighted by Gasteiger charge is 2.08. The Hall–Kier alpha value is -1.28. The van der Waals surface area contributed by atoms with Crippen molar-refractivity contribution in [1.29, 1.82) is 0 Å². The minimum atomic E-state index is 0.277. The van der Waals surface area contributed by atoms with E-state index in [1.807, 2.05) is 0 Å². The number of nitrogens with zero attached hydrogens (tertiary/aromatic N) is 1. The van der Waals surface area contributed by atoms with Crippen LogP contribution in [0.25, 0.3) is 10.9 Å². The minimum absolute atomic E-state index is 0.277. The molecule has 2 heteroatoms. The summed E-state index contributed by atoms with van der Waals surface area (Å²) in [5, 5.41) is 1.41. The maximum atomic E-state index is 5.82. The average Bonchev–Trinajstić information content (AvgIpc) is 2.55. The van der Waals surface area contributed by atoms with Crippen molar-refractivity contribution in [2.75, 3.05) is 0 Å². The van der Waals surface area contributed by atoms with Gasteiger partial charge in [-0.15, -0.1) is 0 Å². The summed E-state index contributed by atoms with van der Waals surface area (Å²) in [6.07, 6.45) is 4.35. The third-order valence-electron chi connectivity index (χ3n) is 3.17. The first kappa shape index (κ1) is 11.2. The smallest absolute Gasteiger partial charge is 0.0483 e. The van der Waals surface area contributed by atoms with E-state index in [0.717, 1.165) is 12.8 Å². The maximum Gasteiger partial charge on any atom is 0.0483 e. The van der Waals surface area contributed by atoms with Crippen molar-refractivity contribution in [2.24, 2.45) is 12.8 Å². The molecule has 1 heterocycles. The lowest BCUT2D eigenvalue weighted by atomic mass is 10.0. The van der Waals surface area contributed by atoms with Gasteiger partial charge in [0.15, 0.2) is 0 Å². The van der Waals surface area contributed by atoms with Gasteiger partial charge in [0.2, 0.25) is 0 Å². The molecule has 0 amide bonds. The van der Waals surface area contributed by atoms with Crippen molar-refractivity contribution >= 4 is 10.9 Å². The van der Waals surface area contributed by atoms with Crippen LogP contribution in [-0.4, -0.2) is 10.6 Å². The minimum Gasteiger partial charge on any atom is -0.350 e. The average molecular weight is 216 g/mol. The van der Waals surface area contributed by atoms with Gasteiger partial charge in [-0.3, -0.25) is 0 Å². The Morgan fingerprint density at radius 2 is 2.12 bits per heavy atom. The van der Waals surface area contributed by atoms with E-state index >= 15 is 0 Å². The van der Waals surface area contributed by atoms with Gasteiger partial charge in [-0.25, -0.2) is 0 Å². The van der Waals surface area contributed by atoms with Gasteiger partial charge in [0.25, 0.3) is 0 Å². The zero-order valence-electron chi connectivity index (χ0n) is 10.3.